The van der Waals surface area contributed by atoms with Gasteiger partial charge in [0.15, 0.2) is 0 Å². The van der Waals surface area contributed by atoms with Gasteiger partial charge in [0, 0.05) is 5.70 Å². The first-order chi connectivity index (χ1) is 6.22. The Morgan fingerprint density at radius 3 is 2.38 bits per heavy atom. The van der Waals surface area contributed by atoms with Crippen molar-refractivity contribution in [1.29, 1.82) is 0 Å². The van der Waals surface area contributed by atoms with Gasteiger partial charge in [-0.15, -0.1) is 0 Å². The van der Waals surface area contributed by atoms with Gasteiger partial charge < -0.3 is 5.73 Å². The highest BCUT2D eigenvalue weighted by Crippen LogP contribution is 2.08. The first-order valence-electron chi connectivity index (χ1n) is 4.75. The second kappa shape index (κ2) is 4.70. The van der Waals surface area contributed by atoms with Gasteiger partial charge in [-0.2, -0.15) is 0 Å². The van der Waals surface area contributed by atoms with Gasteiger partial charge in [0.05, 0.1) is 0 Å². The van der Waals surface area contributed by atoms with Gasteiger partial charge in [0.25, 0.3) is 0 Å². The van der Waals surface area contributed by atoms with Crippen LogP contribution in [0, 0.1) is 0 Å². The maximum absolute atomic E-state index is 5.58. The van der Waals surface area contributed by atoms with Crippen molar-refractivity contribution in [3.63, 3.8) is 0 Å². The zero-order valence-corrected chi connectivity index (χ0v) is 8.38. The van der Waals surface area contributed by atoms with E-state index in [1.54, 1.807) is 0 Å². The van der Waals surface area contributed by atoms with E-state index in [1.165, 1.54) is 17.5 Å². The summed E-state index contributed by atoms with van der Waals surface area (Å²) in [5, 5.41) is 0. The second-order valence-corrected chi connectivity index (χ2v) is 3.38. The SMILES string of the molecule is CCCc1ccc(/C=C(\C)N)cc1. The molecule has 2 N–H and O–H groups in total. The maximum atomic E-state index is 5.58. The first kappa shape index (κ1) is 9.85. The fourth-order valence-corrected chi connectivity index (χ4v) is 1.33. The molecular weight excluding hydrogens is 158 g/mol. The van der Waals surface area contributed by atoms with Crippen molar-refractivity contribution >= 4 is 6.08 Å². The molecule has 0 fully saturated rings. The van der Waals surface area contributed by atoms with Crippen LogP contribution in [0.1, 0.15) is 31.4 Å². The molecule has 0 unspecified atom stereocenters. The molecule has 0 saturated carbocycles. The zero-order valence-electron chi connectivity index (χ0n) is 8.38. The highest BCUT2D eigenvalue weighted by Gasteiger charge is 1.91. The summed E-state index contributed by atoms with van der Waals surface area (Å²) in [5.74, 6) is 0. The quantitative estimate of drug-likeness (QED) is 0.751. The van der Waals surface area contributed by atoms with E-state index in [0.717, 1.165) is 12.1 Å². The van der Waals surface area contributed by atoms with Crippen LogP contribution in [0.4, 0.5) is 0 Å². The molecule has 1 aromatic carbocycles. The molecule has 1 rings (SSSR count). The van der Waals surface area contributed by atoms with E-state index in [4.69, 9.17) is 5.73 Å². The Morgan fingerprint density at radius 2 is 1.92 bits per heavy atom. The molecule has 0 atom stereocenters. The zero-order chi connectivity index (χ0) is 9.68. The van der Waals surface area contributed by atoms with Crippen LogP contribution < -0.4 is 5.73 Å². The minimum Gasteiger partial charge on any atom is -0.402 e. The van der Waals surface area contributed by atoms with Crippen molar-refractivity contribution in [2.45, 2.75) is 26.7 Å². The van der Waals surface area contributed by atoms with E-state index < -0.39 is 0 Å². The summed E-state index contributed by atoms with van der Waals surface area (Å²) in [6.45, 7) is 4.10. The van der Waals surface area contributed by atoms with Crippen LogP contribution in [0.5, 0.6) is 0 Å². The molecule has 0 bridgehead atoms. The topological polar surface area (TPSA) is 26.0 Å². The summed E-state index contributed by atoms with van der Waals surface area (Å²) >= 11 is 0. The van der Waals surface area contributed by atoms with Crippen molar-refractivity contribution in [1.82, 2.24) is 0 Å². The largest absolute Gasteiger partial charge is 0.402 e. The number of nitrogens with two attached hydrogens (primary N) is 1. The third kappa shape index (κ3) is 3.32. The molecule has 0 heterocycles. The van der Waals surface area contributed by atoms with Crippen LogP contribution >= 0.6 is 0 Å². The highest BCUT2D eigenvalue weighted by molar-refractivity contribution is 5.51. The third-order valence-electron chi connectivity index (χ3n) is 1.91. The average molecular weight is 175 g/mol. The number of allylic oxidation sites excluding steroid dienone is 1. The summed E-state index contributed by atoms with van der Waals surface area (Å²) in [5.41, 5.74) is 9.01. The molecule has 1 nitrogen and oxygen atoms in total. The maximum Gasteiger partial charge on any atom is 0.00548 e. The molecule has 0 aliphatic heterocycles. The van der Waals surface area contributed by atoms with Gasteiger partial charge in [0.2, 0.25) is 0 Å². The lowest BCUT2D eigenvalue weighted by molar-refractivity contribution is 0.922. The number of benzene rings is 1. The second-order valence-electron chi connectivity index (χ2n) is 3.38. The van der Waals surface area contributed by atoms with Crippen molar-refractivity contribution in [3.8, 4) is 0 Å². The summed E-state index contributed by atoms with van der Waals surface area (Å²) in [7, 11) is 0. The van der Waals surface area contributed by atoms with Gasteiger partial charge in [0.1, 0.15) is 0 Å². The van der Waals surface area contributed by atoms with E-state index in [1.807, 2.05) is 13.0 Å². The van der Waals surface area contributed by atoms with Gasteiger partial charge >= 0.3 is 0 Å². The molecule has 0 radical (unpaired) electrons. The minimum absolute atomic E-state index is 0.850. The van der Waals surface area contributed by atoms with Gasteiger partial charge in [-0.1, -0.05) is 37.6 Å². The number of hydrogen-bond donors (Lipinski definition) is 1. The van der Waals surface area contributed by atoms with Gasteiger partial charge in [-0.25, -0.2) is 0 Å². The van der Waals surface area contributed by atoms with Crippen LogP contribution in [0.25, 0.3) is 6.08 Å². The van der Waals surface area contributed by atoms with Crippen LogP contribution in [0.15, 0.2) is 30.0 Å². The molecule has 13 heavy (non-hydrogen) atoms. The molecule has 0 aromatic heterocycles. The Morgan fingerprint density at radius 1 is 1.31 bits per heavy atom. The lowest BCUT2D eigenvalue weighted by Crippen LogP contribution is -1.89. The normalized spacial score (nSPS) is 11.7. The minimum atomic E-state index is 0.850. The Bertz CT molecular complexity index is 278. The molecule has 0 amide bonds. The predicted molar refractivity (Wildman–Crippen MR) is 58.3 cm³/mol. The fourth-order valence-electron chi connectivity index (χ4n) is 1.33. The Hall–Kier alpha value is -1.24. The van der Waals surface area contributed by atoms with Gasteiger partial charge in [-0.3, -0.25) is 0 Å². The van der Waals surface area contributed by atoms with E-state index in [2.05, 4.69) is 31.2 Å². The number of rotatable bonds is 3. The Balaban J connectivity index is 2.75. The Kier molecular flexibility index (Phi) is 3.56. The third-order valence-corrected chi connectivity index (χ3v) is 1.91. The van der Waals surface area contributed by atoms with Crippen LogP contribution in [0.2, 0.25) is 0 Å². The van der Waals surface area contributed by atoms with E-state index in [0.29, 0.717) is 0 Å². The highest BCUT2D eigenvalue weighted by atomic mass is 14.5. The van der Waals surface area contributed by atoms with Crippen molar-refractivity contribution < 1.29 is 0 Å². The molecule has 0 aliphatic rings. The standard InChI is InChI=1S/C12H17N/c1-3-4-11-5-7-12(8-6-11)9-10(2)13/h5-9H,3-4,13H2,1-2H3/b10-9+. The van der Waals surface area contributed by atoms with Crippen LogP contribution in [0.3, 0.4) is 0 Å². The fraction of sp³-hybridized carbons (Fsp3) is 0.333. The number of aryl methyl sites for hydroxylation is 1. The van der Waals surface area contributed by atoms with E-state index in [9.17, 15) is 0 Å². The molecular formula is C12H17N. The van der Waals surface area contributed by atoms with Crippen molar-refractivity contribution in [2.75, 3.05) is 0 Å². The molecule has 1 heteroatoms. The molecule has 0 spiro atoms. The Labute approximate surface area is 80.3 Å². The van der Waals surface area contributed by atoms with Crippen molar-refractivity contribution in [2.24, 2.45) is 5.73 Å². The monoisotopic (exact) mass is 175 g/mol. The molecule has 70 valence electrons. The lowest BCUT2D eigenvalue weighted by Gasteiger charge is -1.99. The summed E-state index contributed by atoms with van der Waals surface area (Å²) in [6.07, 6.45) is 4.34. The lowest BCUT2D eigenvalue weighted by atomic mass is 10.1. The molecule has 1 aromatic rings. The first-order valence-corrected chi connectivity index (χ1v) is 4.75. The average Bonchev–Trinajstić information content (AvgIpc) is 2.08. The van der Waals surface area contributed by atoms with Crippen LogP contribution in [-0.2, 0) is 6.42 Å². The molecule has 0 aliphatic carbocycles. The smallest absolute Gasteiger partial charge is 0.00548 e. The predicted octanol–water partition coefficient (Wildman–Crippen LogP) is 2.96. The summed E-state index contributed by atoms with van der Waals surface area (Å²) < 4.78 is 0. The summed E-state index contributed by atoms with van der Waals surface area (Å²) in [6, 6.07) is 8.55. The summed E-state index contributed by atoms with van der Waals surface area (Å²) in [4.78, 5) is 0. The van der Waals surface area contributed by atoms with E-state index in [-0.39, 0.29) is 0 Å². The van der Waals surface area contributed by atoms with Crippen LogP contribution in [-0.4, -0.2) is 0 Å². The van der Waals surface area contributed by atoms with E-state index >= 15 is 0 Å². The molecule has 0 saturated heterocycles. The number of hydrogen-bond acceptors (Lipinski definition) is 1. The van der Waals surface area contributed by atoms with Crippen molar-refractivity contribution in [3.05, 3.63) is 41.1 Å². The van der Waals surface area contributed by atoms with Gasteiger partial charge in [-0.05, 0) is 30.5 Å².